The number of carbonyl (C=O) groups is 2. The van der Waals surface area contributed by atoms with E-state index in [2.05, 4.69) is 15.6 Å². The monoisotopic (exact) mass is 526 g/mol. The highest BCUT2D eigenvalue weighted by molar-refractivity contribution is 6.30. The molecule has 2 aromatic rings. The molecule has 0 bridgehead atoms. The van der Waals surface area contributed by atoms with Gasteiger partial charge in [0.25, 0.3) is 5.91 Å². The predicted molar refractivity (Wildman–Crippen MR) is 147 cm³/mol. The largest absolute Gasteiger partial charge is 0.384 e. The summed E-state index contributed by atoms with van der Waals surface area (Å²) in [5.74, 6) is 0.208. The highest BCUT2D eigenvalue weighted by Gasteiger charge is 2.50. The first kappa shape index (κ1) is 27.4. The van der Waals surface area contributed by atoms with E-state index in [-0.39, 0.29) is 17.7 Å². The summed E-state index contributed by atoms with van der Waals surface area (Å²) in [6, 6.07) is 10.6. The van der Waals surface area contributed by atoms with Crippen molar-refractivity contribution >= 4 is 29.2 Å². The first-order valence-electron chi connectivity index (χ1n) is 13.3. The molecule has 8 heteroatoms. The summed E-state index contributed by atoms with van der Waals surface area (Å²) in [5.41, 5.74) is -0.482. The number of aromatic nitrogens is 1. The van der Waals surface area contributed by atoms with Gasteiger partial charge in [0.05, 0.1) is 11.2 Å². The summed E-state index contributed by atoms with van der Waals surface area (Å²) < 4.78 is 0. The normalized spacial score (nSPS) is 22.6. The van der Waals surface area contributed by atoms with Crippen LogP contribution in [0.4, 0.5) is 5.82 Å². The summed E-state index contributed by atoms with van der Waals surface area (Å²) in [6.45, 7) is 8.55. The molecule has 2 aliphatic rings. The first-order valence-corrected chi connectivity index (χ1v) is 13.7. The Bertz CT molecular complexity index is 1100. The number of anilines is 1. The number of aliphatic hydroxyl groups is 1. The van der Waals surface area contributed by atoms with E-state index in [0.29, 0.717) is 36.1 Å². The number of carbonyl (C=O) groups excluding carboxylic acids is 2. The fraction of sp³-hybridized carbons (Fsp3) is 0.552. The van der Waals surface area contributed by atoms with Crippen LogP contribution >= 0.6 is 11.6 Å². The lowest BCUT2D eigenvalue weighted by molar-refractivity contribution is -0.155. The molecule has 4 rings (SSSR count). The molecule has 1 saturated carbocycles. The van der Waals surface area contributed by atoms with Crippen molar-refractivity contribution in [2.45, 2.75) is 77.5 Å². The van der Waals surface area contributed by atoms with Crippen LogP contribution in [0.5, 0.6) is 0 Å². The highest BCUT2D eigenvalue weighted by atomic mass is 35.5. The third-order valence-corrected chi connectivity index (χ3v) is 8.29. The van der Waals surface area contributed by atoms with Gasteiger partial charge in [0, 0.05) is 35.8 Å². The molecule has 1 aliphatic carbocycles. The number of amides is 2. The molecule has 200 valence electrons. The molecule has 0 unspecified atom stereocenters. The van der Waals surface area contributed by atoms with Crippen molar-refractivity contribution in [1.29, 1.82) is 0 Å². The Balaban J connectivity index is 1.42. The lowest BCUT2D eigenvalue weighted by atomic mass is 9.66. The number of rotatable bonds is 7. The Labute approximate surface area is 225 Å². The number of likely N-dealkylation sites (tertiary alicyclic amines) is 1. The van der Waals surface area contributed by atoms with Gasteiger partial charge in [-0.25, -0.2) is 4.98 Å². The van der Waals surface area contributed by atoms with Gasteiger partial charge < -0.3 is 20.6 Å². The average Bonchev–Trinajstić information content (AvgIpc) is 3.37. The average molecular weight is 527 g/mol. The van der Waals surface area contributed by atoms with Gasteiger partial charge in [-0.1, -0.05) is 64.3 Å². The van der Waals surface area contributed by atoms with Gasteiger partial charge in [-0.15, -0.1) is 0 Å². The molecule has 7 nitrogen and oxygen atoms in total. The third-order valence-electron chi connectivity index (χ3n) is 8.03. The van der Waals surface area contributed by atoms with Gasteiger partial charge in [-0.3, -0.25) is 9.59 Å². The number of piperidine rings is 1. The maximum absolute atomic E-state index is 13.6. The molecule has 1 aliphatic heterocycles. The van der Waals surface area contributed by atoms with E-state index >= 15 is 0 Å². The molecular weight excluding hydrogens is 488 g/mol. The van der Waals surface area contributed by atoms with Crippen LogP contribution < -0.4 is 10.6 Å². The first-order chi connectivity index (χ1) is 17.5. The smallest absolute Gasteiger partial charge is 0.253 e. The van der Waals surface area contributed by atoms with Crippen molar-refractivity contribution < 1.29 is 14.7 Å². The minimum Gasteiger partial charge on any atom is -0.384 e. The Morgan fingerprint density at radius 3 is 2.35 bits per heavy atom. The maximum Gasteiger partial charge on any atom is 0.253 e. The SMILES string of the molecule is CC(C)[C@@H](NC(=O)c1ccc(NC2CCCC2)nc1)C(=O)N1CC[C@](O)(c2ccc(Cl)cc2)C(C)(C)C1. The van der Waals surface area contributed by atoms with Crippen molar-refractivity contribution in [2.75, 3.05) is 18.4 Å². The number of halogens is 1. The van der Waals surface area contributed by atoms with Gasteiger partial charge in [-0.05, 0) is 55.0 Å². The van der Waals surface area contributed by atoms with E-state index in [1.807, 2.05) is 45.9 Å². The van der Waals surface area contributed by atoms with Gasteiger partial charge in [0.1, 0.15) is 11.9 Å². The van der Waals surface area contributed by atoms with Crippen LogP contribution in [0.25, 0.3) is 0 Å². The zero-order valence-electron chi connectivity index (χ0n) is 22.3. The molecule has 3 N–H and O–H groups in total. The molecule has 1 aromatic heterocycles. The van der Waals surface area contributed by atoms with Crippen LogP contribution in [0.15, 0.2) is 42.6 Å². The molecule has 2 heterocycles. The zero-order valence-corrected chi connectivity index (χ0v) is 23.0. The number of hydrogen-bond donors (Lipinski definition) is 3. The van der Waals surface area contributed by atoms with Gasteiger partial charge in [0.15, 0.2) is 0 Å². The van der Waals surface area contributed by atoms with Crippen LogP contribution in [0.3, 0.4) is 0 Å². The van der Waals surface area contributed by atoms with Crippen molar-refractivity contribution in [1.82, 2.24) is 15.2 Å². The van der Waals surface area contributed by atoms with Crippen LogP contribution in [0, 0.1) is 11.3 Å². The number of nitrogens with one attached hydrogen (secondary N) is 2. The van der Waals surface area contributed by atoms with E-state index < -0.39 is 17.1 Å². The standard InChI is InChI=1S/C29H39ClN4O3/c1-19(2)25(33-26(35)20-9-14-24(31-17-20)32-23-7-5-6-8-23)27(36)34-16-15-29(37,28(3,4)18-34)21-10-12-22(30)13-11-21/h9-14,17,19,23,25,37H,5-8,15-16,18H2,1-4H3,(H,31,32)(H,33,35)/t25-,29+/m1/s1. The quantitative estimate of drug-likeness (QED) is 0.472. The van der Waals surface area contributed by atoms with Crippen molar-refractivity contribution in [3.63, 3.8) is 0 Å². The summed E-state index contributed by atoms with van der Waals surface area (Å²) >= 11 is 6.05. The molecule has 2 fully saturated rings. The third kappa shape index (κ3) is 5.93. The van der Waals surface area contributed by atoms with Crippen LogP contribution in [-0.2, 0) is 10.4 Å². The van der Waals surface area contributed by atoms with Gasteiger partial charge in [0.2, 0.25) is 5.91 Å². The van der Waals surface area contributed by atoms with E-state index in [0.717, 1.165) is 24.2 Å². The maximum atomic E-state index is 13.6. The van der Waals surface area contributed by atoms with Crippen molar-refractivity contribution in [3.05, 3.63) is 58.7 Å². The topological polar surface area (TPSA) is 94.6 Å². The fourth-order valence-corrected chi connectivity index (χ4v) is 5.72. The van der Waals surface area contributed by atoms with E-state index in [9.17, 15) is 14.7 Å². The number of hydrogen-bond acceptors (Lipinski definition) is 5. The second-order valence-electron chi connectivity index (χ2n) is 11.5. The summed E-state index contributed by atoms with van der Waals surface area (Å²) in [6.07, 6.45) is 6.71. The van der Waals surface area contributed by atoms with Crippen molar-refractivity contribution in [2.24, 2.45) is 11.3 Å². The number of nitrogens with zero attached hydrogens (tertiary/aromatic N) is 2. The van der Waals surface area contributed by atoms with Crippen LogP contribution in [0.1, 0.15) is 75.7 Å². The molecular formula is C29H39ClN4O3. The van der Waals surface area contributed by atoms with E-state index in [4.69, 9.17) is 11.6 Å². The lowest BCUT2D eigenvalue weighted by Gasteiger charge is -2.51. The highest BCUT2D eigenvalue weighted by Crippen LogP contribution is 2.46. The Morgan fingerprint density at radius 2 is 1.78 bits per heavy atom. The van der Waals surface area contributed by atoms with Crippen LogP contribution in [-0.4, -0.2) is 52.0 Å². The Hall–Kier alpha value is -2.64. The number of benzene rings is 1. The second-order valence-corrected chi connectivity index (χ2v) is 12.0. The second kappa shape index (κ2) is 11.0. The Kier molecular flexibility index (Phi) is 8.14. The molecule has 1 saturated heterocycles. The van der Waals surface area contributed by atoms with Crippen LogP contribution in [0.2, 0.25) is 5.02 Å². The molecule has 1 aromatic carbocycles. The van der Waals surface area contributed by atoms with E-state index in [1.54, 1.807) is 29.3 Å². The minimum absolute atomic E-state index is 0.104. The lowest BCUT2D eigenvalue weighted by Crippen LogP contribution is -2.60. The summed E-state index contributed by atoms with van der Waals surface area (Å²) in [7, 11) is 0. The number of pyridine rings is 1. The molecule has 2 atom stereocenters. The molecule has 0 spiro atoms. The molecule has 37 heavy (non-hydrogen) atoms. The zero-order chi connectivity index (χ0) is 26.8. The minimum atomic E-state index is -1.09. The van der Waals surface area contributed by atoms with E-state index in [1.165, 1.54) is 12.8 Å². The Morgan fingerprint density at radius 1 is 1.11 bits per heavy atom. The molecule has 0 radical (unpaired) electrons. The van der Waals surface area contributed by atoms with Gasteiger partial charge in [-0.2, -0.15) is 0 Å². The fourth-order valence-electron chi connectivity index (χ4n) is 5.60. The van der Waals surface area contributed by atoms with Crippen molar-refractivity contribution in [3.8, 4) is 0 Å². The molecule has 2 amide bonds. The van der Waals surface area contributed by atoms with Gasteiger partial charge >= 0.3 is 0 Å². The summed E-state index contributed by atoms with van der Waals surface area (Å²) in [5, 5.41) is 18.6. The predicted octanol–water partition coefficient (Wildman–Crippen LogP) is 4.99. The summed E-state index contributed by atoms with van der Waals surface area (Å²) in [4.78, 5) is 32.9.